The number of hydrogen-bond acceptors (Lipinski definition) is 11. The van der Waals surface area contributed by atoms with E-state index < -0.39 is 81.0 Å². The second kappa shape index (κ2) is 17.1. The number of benzene rings is 1. The molecule has 1 rings (SSSR count). The molecule has 39 heavy (non-hydrogen) atoms. The van der Waals surface area contributed by atoms with Crippen LogP contribution in [0.2, 0.25) is 0 Å². The molecule has 17 heteroatoms. The number of hydrogen-bond donors (Lipinski definition) is 8. The third kappa shape index (κ3) is 9.83. The molecule has 0 aliphatic heterocycles. The van der Waals surface area contributed by atoms with Crippen LogP contribution in [0.5, 0.6) is 0 Å². The first-order valence-corrected chi connectivity index (χ1v) is 14.5. The number of rotatable bonds is 15. The van der Waals surface area contributed by atoms with Crippen molar-refractivity contribution >= 4 is 97.2 Å². The van der Waals surface area contributed by atoms with Gasteiger partial charge in [-0.2, -0.15) is 0 Å². The number of aliphatic hydroxyl groups is 6. The van der Waals surface area contributed by atoms with Crippen LogP contribution in [0.4, 0.5) is 5.69 Å². The van der Waals surface area contributed by atoms with Crippen molar-refractivity contribution in [3.05, 3.63) is 21.8 Å². The maximum Gasteiger partial charge on any atom is 0.303 e. The molecule has 3 amide bonds. The molecule has 0 aliphatic rings. The molecule has 0 saturated heterocycles. The van der Waals surface area contributed by atoms with Crippen molar-refractivity contribution in [2.75, 3.05) is 38.4 Å². The van der Waals surface area contributed by atoms with Crippen molar-refractivity contribution < 1.29 is 54.6 Å². The largest absolute Gasteiger partial charge is 0.456 e. The third-order valence-corrected chi connectivity index (χ3v) is 8.64. The number of primary amides is 1. The Morgan fingerprint density at radius 3 is 1.69 bits per heavy atom. The van der Waals surface area contributed by atoms with Crippen LogP contribution < -0.4 is 11.1 Å². The Kier molecular flexibility index (Phi) is 15.8. The van der Waals surface area contributed by atoms with E-state index in [-0.39, 0.29) is 40.4 Å². The van der Waals surface area contributed by atoms with Crippen LogP contribution in [0.25, 0.3) is 0 Å². The summed E-state index contributed by atoms with van der Waals surface area (Å²) in [7, 11) is 0. The van der Waals surface area contributed by atoms with E-state index in [0.717, 1.165) is 11.8 Å². The van der Waals surface area contributed by atoms with E-state index in [1.54, 1.807) is 67.8 Å². The second-order valence-electron chi connectivity index (χ2n) is 8.29. The summed E-state index contributed by atoms with van der Waals surface area (Å²) in [4.78, 5) is 51.1. The summed E-state index contributed by atoms with van der Waals surface area (Å²) in [6.45, 7) is -2.36. The predicted molar refractivity (Wildman–Crippen MR) is 162 cm³/mol. The minimum Gasteiger partial charge on any atom is -0.456 e. The van der Waals surface area contributed by atoms with Gasteiger partial charge >= 0.3 is 5.97 Å². The highest BCUT2D eigenvalue weighted by Gasteiger charge is 2.37. The molecular weight excluding hydrogens is 863 g/mol. The number of nitrogens with two attached hydrogens (primary N) is 1. The van der Waals surface area contributed by atoms with Crippen LogP contribution >= 0.6 is 67.8 Å². The molecule has 220 valence electrons. The number of nitrogens with one attached hydrogen (secondary N) is 1. The standard InChI is InChI=1S/C22H30I3N3O11/c1-9(33)39-8-14(36)27-20-18(24)15(21(26)37)17(23)16(19(20)25)22(38)28(10(4-29)2-12(34)6-31)11(5-30)3-13(35)7-32/h10-13,29-32,34-35H,2-8H2,1H3,(H2,26,37)(H,27,36). The summed E-state index contributed by atoms with van der Waals surface area (Å²) in [5, 5.41) is 61.5. The quantitative estimate of drug-likeness (QED) is 0.0765. The van der Waals surface area contributed by atoms with Crippen molar-refractivity contribution in [1.29, 1.82) is 0 Å². The SMILES string of the molecule is CC(=O)OCC(=O)Nc1c(I)c(C(N)=O)c(I)c(C(=O)N(C(CO)CC(O)CO)C(CO)CC(O)CO)c1I. The first kappa shape index (κ1) is 36.1. The van der Waals surface area contributed by atoms with Crippen LogP contribution in [-0.2, 0) is 14.3 Å². The lowest BCUT2D eigenvalue weighted by Crippen LogP contribution is -2.53. The van der Waals surface area contributed by atoms with Gasteiger partial charge in [-0.15, -0.1) is 0 Å². The van der Waals surface area contributed by atoms with E-state index in [9.17, 15) is 49.8 Å². The molecule has 1 aromatic rings. The molecule has 0 heterocycles. The number of ether oxygens (including phenoxy) is 1. The first-order valence-electron chi connectivity index (χ1n) is 11.3. The molecule has 0 spiro atoms. The minimum atomic E-state index is -1.35. The van der Waals surface area contributed by atoms with Crippen LogP contribution in [0.1, 0.15) is 40.5 Å². The van der Waals surface area contributed by atoms with Crippen molar-refractivity contribution in [3.63, 3.8) is 0 Å². The number of amides is 3. The zero-order valence-electron chi connectivity index (χ0n) is 20.6. The fourth-order valence-electron chi connectivity index (χ4n) is 3.61. The normalized spacial score (nSPS) is 14.2. The smallest absolute Gasteiger partial charge is 0.303 e. The predicted octanol–water partition coefficient (Wildman–Crippen LogP) is -1.25. The Balaban J connectivity index is 3.85. The van der Waals surface area contributed by atoms with Gasteiger partial charge in [0.2, 0.25) is 0 Å². The van der Waals surface area contributed by atoms with Gasteiger partial charge in [-0.1, -0.05) is 0 Å². The Morgan fingerprint density at radius 2 is 1.31 bits per heavy atom. The van der Waals surface area contributed by atoms with E-state index in [1.807, 2.05) is 0 Å². The van der Waals surface area contributed by atoms with Gasteiger partial charge in [0, 0.05) is 10.5 Å². The fraction of sp³-hybridized carbons (Fsp3) is 0.545. The Hall–Kier alpha value is -0.950. The van der Waals surface area contributed by atoms with E-state index in [2.05, 4.69) is 5.32 Å². The molecule has 14 nitrogen and oxygen atoms in total. The highest BCUT2D eigenvalue weighted by atomic mass is 127. The molecular formula is C22H30I3N3O11. The molecule has 0 fully saturated rings. The lowest BCUT2D eigenvalue weighted by molar-refractivity contribution is -0.144. The van der Waals surface area contributed by atoms with E-state index in [1.165, 1.54) is 0 Å². The lowest BCUT2D eigenvalue weighted by Gasteiger charge is -2.39. The summed E-state index contributed by atoms with van der Waals surface area (Å²) in [6, 6.07) is -2.37. The van der Waals surface area contributed by atoms with E-state index in [0.29, 0.717) is 0 Å². The number of halogens is 3. The molecule has 4 unspecified atom stereocenters. The van der Waals surface area contributed by atoms with Crippen molar-refractivity contribution in [1.82, 2.24) is 4.90 Å². The van der Waals surface area contributed by atoms with Gasteiger partial charge in [0.1, 0.15) is 0 Å². The lowest BCUT2D eigenvalue weighted by atomic mass is 9.99. The molecule has 1 aromatic carbocycles. The van der Waals surface area contributed by atoms with Crippen molar-refractivity contribution in [2.45, 2.75) is 44.1 Å². The fourth-order valence-corrected chi connectivity index (χ4v) is 8.04. The van der Waals surface area contributed by atoms with Crippen LogP contribution in [0, 0.1) is 10.7 Å². The summed E-state index contributed by atoms with van der Waals surface area (Å²) >= 11 is 5.25. The molecule has 0 radical (unpaired) electrons. The summed E-state index contributed by atoms with van der Waals surface area (Å²) in [6.07, 6.45) is -3.36. The molecule has 0 aliphatic carbocycles. The zero-order chi connectivity index (χ0) is 30.0. The Bertz CT molecular complexity index is 1040. The summed E-state index contributed by atoms with van der Waals surface area (Å²) in [5.41, 5.74) is 5.33. The topological polar surface area (TPSA) is 240 Å². The molecule has 0 saturated carbocycles. The van der Waals surface area contributed by atoms with E-state index >= 15 is 0 Å². The summed E-state index contributed by atoms with van der Waals surface area (Å²) < 4.78 is 5.10. The van der Waals surface area contributed by atoms with Gasteiger partial charge < -0.3 is 51.3 Å². The number of anilines is 1. The Labute approximate surface area is 264 Å². The number of carbonyl (C=O) groups is 4. The van der Waals surface area contributed by atoms with Crippen molar-refractivity contribution in [2.24, 2.45) is 5.73 Å². The average Bonchev–Trinajstić information content (AvgIpc) is 2.87. The maximum atomic E-state index is 14.1. The minimum absolute atomic E-state index is 0.0118. The highest BCUT2D eigenvalue weighted by Crippen LogP contribution is 2.37. The van der Waals surface area contributed by atoms with Gasteiger partial charge in [-0.25, -0.2) is 0 Å². The van der Waals surface area contributed by atoms with Gasteiger partial charge in [0.05, 0.1) is 74.7 Å². The van der Waals surface area contributed by atoms with Crippen LogP contribution in [-0.4, -0.2) is 117 Å². The second-order valence-corrected chi connectivity index (χ2v) is 11.5. The van der Waals surface area contributed by atoms with E-state index in [4.69, 9.17) is 10.5 Å². The third-order valence-electron chi connectivity index (χ3n) is 5.40. The van der Waals surface area contributed by atoms with Gasteiger partial charge in [-0.05, 0) is 80.6 Å². The monoisotopic (exact) mass is 893 g/mol. The molecule has 0 aromatic heterocycles. The zero-order valence-corrected chi connectivity index (χ0v) is 27.1. The number of nitrogens with zero attached hydrogens (tertiary/aromatic N) is 1. The van der Waals surface area contributed by atoms with Gasteiger partial charge in [0.25, 0.3) is 17.7 Å². The first-order chi connectivity index (χ1) is 18.2. The highest BCUT2D eigenvalue weighted by molar-refractivity contribution is 14.1. The van der Waals surface area contributed by atoms with Crippen molar-refractivity contribution in [3.8, 4) is 0 Å². The average molecular weight is 893 g/mol. The number of esters is 1. The van der Waals surface area contributed by atoms with Crippen LogP contribution in [0.15, 0.2) is 0 Å². The maximum absolute atomic E-state index is 14.1. The molecule has 0 bridgehead atoms. The molecule has 9 N–H and O–H groups in total. The molecule has 4 atom stereocenters. The van der Waals surface area contributed by atoms with Gasteiger partial charge in [-0.3, -0.25) is 19.2 Å². The number of carbonyl (C=O) groups excluding carboxylic acids is 4. The Morgan fingerprint density at radius 1 is 0.846 bits per heavy atom. The number of aliphatic hydroxyl groups excluding tert-OH is 6. The van der Waals surface area contributed by atoms with Gasteiger partial charge in [0.15, 0.2) is 6.61 Å². The summed E-state index contributed by atoms with van der Waals surface area (Å²) in [5.74, 6) is -3.28. The van der Waals surface area contributed by atoms with Crippen LogP contribution in [0.3, 0.4) is 0 Å².